The van der Waals surface area contributed by atoms with Gasteiger partial charge in [0.25, 0.3) is 5.91 Å². The number of ether oxygens (including phenoxy) is 2. The van der Waals surface area contributed by atoms with Crippen molar-refractivity contribution < 1.29 is 14.3 Å². The Hall–Kier alpha value is -2.30. The summed E-state index contributed by atoms with van der Waals surface area (Å²) in [5.74, 6) is 0.762. The number of anilines is 1. The van der Waals surface area contributed by atoms with Gasteiger partial charge in [0.2, 0.25) is 0 Å². The van der Waals surface area contributed by atoms with Crippen LogP contribution in [0.3, 0.4) is 0 Å². The number of amides is 1. The third kappa shape index (κ3) is 3.73. The quantitative estimate of drug-likeness (QED) is 0.638. The summed E-state index contributed by atoms with van der Waals surface area (Å²) in [6.45, 7) is 0.983. The molecule has 0 saturated carbocycles. The molecule has 0 atom stereocenters. The van der Waals surface area contributed by atoms with Crippen molar-refractivity contribution >= 4 is 44.9 Å². The molecule has 3 rings (SSSR count). The van der Waals surface area contributed by atoms with Crippen LogP contribution in [0.2, 0.25) is 0 Å². The minimum atomic E-state index is -0.466. The van der Waals surface area contributed by atoms with Crippen LogP contribution >= 0.6 is 27.3 Å². The molecule has 1 aromatic carbocycles. The highest BCUT2D eigenvalue weighted by atomic mass is 79.9. The van der Waals surface area contributed by atoms with Gasteiger partial charge in [-0.05, 0) is 51.1 Å². The van der Waals surface area contributed by atoms with E-state index in [0.29, 0.717) is 30.4 Å². The van der Waals surface area contributed by atoms with Gasteiger partial charge in [-0.25, -0.2) is 0 Å². The van der Waals surface area contributed by atoms with E-state index >= 15 is 0 Å². The van der Waals surface area contributed by atoms with Crippen LogP contribution < -0.4 is 14.8 Å². The number of rotatable bonds is 3. The van der Waals surface area contributed by atoms with Crippen molar-refractivity contribution in [2.24, 2.45) is 0 Å². The van der Waals surface area contributed by atoms with E-state index in [9.17, 15) is 10.1 Å². The standard InChI is InChI=1S/C16H11BrN2O3S/c17-15-6-10(9-23-15)5-11(8-18)16(20)19-12-1-2-13-14(7-12)22-4-3-21-13/h1-2,5-7,9H,3-4H2,(H,19,20)/b11-5+. The number of hydrogen-bond acceptors (Lipinski definition) is 5. The fourth-order valence-corrected chi connectivity index (χ4v) is 3.17. The van der Waals surface area contributed by atoms with Crippen LogP contribution in [0, 0.1) is 11.3 Å². The van der Waals surface area contributed by atoms with E-state index < -0.39 is 5.91 Å². The first-order valence-corrected chi connectivity index (χ1v) is 8.40. The number of nitriles is 1. The van der Waals surface area contributed by atoms with Crippen molar-refractivity contribution in [3.8, 4) is 17.6 Å². The Labute approximate surface area is 145 Å². The van der Waals surface area contributed by atoms with Gasteiger partial charge in [0.05, 0.1) is 3.79 Å². The van der Waals surface area contributed by atoms with Crippen molar-refractivity contribution in [1.82, 2.24) is 0 Å². The predicted molar refractivity (Wildman–Crippen MR) is 91.7 cm³/mol. The number of hydrogen-bond donors (Lipinski definition) is 1. The number of thiophene rings is 1. The first-order chi connectivity index (χ1) is 11.2. The van der Waals surface area contributed by atoms with Crippen molar-refractivity contribution in [2.45, 2.75) is 0 Å². The van der Waals surface area contributed by atoms with Gasteiger partial charge >= 0.3 is 0 Å². The van der Waals surface area contributed by atoms with Crippen molar-refractivity contribution in [3.63, 3.8) is 0 Å². The predicted octanol–water partition coefficient (Wildman–Crippen LogP) is 3.83. The Bertz CT molecular complexity index is 823. The second-order valence-corrected chi connectivity index (χ2v) is 6.96. The Morgan fingerprint density at radius 2 is 2.09 bits per heavy atom. The van der Waals surface area contributed by atoms with Crippen molar-refractivity contribution in [2.75, 3.05) is 18.5 Å². The number of carbonyl (C=O) groups excluding carboxylic acids is 1. The summed E-state index contributed by atoms with van der Waals surface area (Å²) in [4.78, 5) is 12.2. The summed E-state index contributed by atoms with van der Waals surface area (Å²) < 4.78 is 11.8. The molecule has 1 aliphatic heterocycles. The highest BCUT2D eigenvalue weighted by Crippen LogP contribution is 2.32. The Balaban J connectivity index is 1.77. The molecule has 0 aliphatic carbocycles. The molecule has 0 radical (unpaired) electrons. The fraction of sp³-hybridized carbons (Fsp3) is 0.125. The number of fused-ring (bicyclic) bond motifs is 1. The molecule has 2 heterocycles. The summed E-state index contributed by atoms with van der Waals surface area (Å²) in [6, 6.07) is 8.90. The van der Waals surface area contributed by atoms with Crippen LogP contribution in [-0.2, 0) is 4.79 Å². The van der Waals surface area contributed by atoms with Crippen LogP contribution in [0.25, 0.3) is 6.08 Å². The maximum Gasteiger partial charge on any atom is 0.266 e. The molecule has 0 unspecified atom stereocenters. The van der Waals surface area contributed by atoms with E-state index in [2.05, 4.69) is 21.2 Å². The van der Waals surface area contributed by atoms with E-state index in [1.807, 2.05) is 17.5 Å². The molecule has 2 aromatic rings. The lowest BCUT2D eigenvalue weighted by molar-refractivity contribution is -0.112. The van der Waals surface area contributed by atoms with Gasteiger partial charge in [-0.1, -0.05) is 0 Å². The molecule has 0 spiro atoms. The summed E-state index contributed by atoms with van der Waals surface area (Å²) in [6.07, 6.45) is 1.55. The van der Waals surface area contributed by atoms with Crippen LogP contribution in [0.5, 0.6) is 11.5 Å². The van der Waals surface area contributed by atoms with Crippen LogP contribution in [0.1, 0.15) is 5.56 Å². The third-order valence-corrected chi connectivity index (χ3v) is 4.59. The molecule has 1 aromatic heterocycles. The first-order valence-electron chi connectivity index (χ1n) is 6.72. The number of nitrogens with zero attached hydrogens (tertiary/aromatic N) is 1. The zero-order valence-corrected chi connectivity index (χ0v) is 14.2. The molecule has 23 heavy (non-hydrogen) atoms. The van der Waals surface area contributed by atoms with Gasteiger partial charge in [0.15, 0.2) is 11.5 Å². The smallest absolute Gasteiger partial charge is 0.266 e. The first kappa shape index (κ1) is 15.6. The van der Waals surface area contributed by atoms with E-state index in [0.717, 1.165) is 9.35 Å². The fourth-order valence-electron chi connectivity index (χ4n) is 2.03. The van der Waals surface area contributed by atoms with Crippen molar-refractivity contribution in [3.05, 3.63) is 44.6 Å². The second-order valence-electron chi connectivity index (χ2n) is 4.67. The van der Waals surface area contributed by atoms with E-state index in [1.165, 1.54) is 11.3 Å². The largest absolute Gasteiger partial charge is 0.486 e. The normalized spacial score (nSPS) is 13.3. The highest BCUT2D eigenvalue weighted by Gasteiger charge is 2.14. The summed E-state index contributed by atoms with van der Waals surface area (Å²) >= 11 is 4.84. The molecule has 1 aliphatic rings. The highest BCUT2D eigenvalue weighted by molar-refractivity contribution is 9.11. The topological polar surface area (TPSA) is 71.4 Å². The van der Waals surface area contributed by atoms with Gasteiger partial charge < -0.3 is 14.8 Å². The molecule has 7 heteroatoms. The molecule has 116 valence electrons. The average Bonchev–Trinajstić information content (AvgIpc) is 2.97. The number of carbonyl (C=O) groups is 1. The number of halogens is 1. The molecule has 1 amide bonds. The maximum atomic E-state index is 12.2. The maximum absolute atomic E-state index is 12.2. The zero-order valence-electron chi connectivity index (χ0n) is 11.8. The van der Waals surface area contributed by atoms with Gasteiger partial charge in [-0.2, -0.15) is 5.26 Å². The van der Waals surface area contributed by atoms with Crippen LogP contribution in [0.15, 0.2) is 39.0 Å². The van der Waals surface area contributed by atoms with Gasteiger partial charge in [-0.15, -0.1) is 11.3 Å². The van der Waals surface area contributed by atoms with E-state index in [4.69, 9.17) is 9.47 Å². The van der Waals surface area contributed by atoms with Crippen LogP contribution in [-0.4, -0.2) is 19.1 Å². The lowest BCUT2D eigenvalue weighted by atomic mass is 10.2. The minimum absolute atomic E-state index is 0.0326. The van der Waals surface area contributed by atoms with E-state index in [1.54, 1.807) is 24.3 Å². The lowest BCUT2D eigenvalue weighted by Gasteiger charge is -2.18. The monoisotopic (exact) mass is 390 g/mol. The van der Waals surface area contributed by atoms with Gasteiger partial charge in [-0.3, -0.25) is 4.79 Å². The Morgan fingerprint density at radius 1 is 1.30 bits per heavy atom. The zero-order chi connectivity index (χ0) is 16.2. The molecule has 1 N–H and O–H groups in total. The van der Waals surface area contributed by atoms with E-state index in [-0.39, 0.29) is 5.57 Å². The van der Waals surface area contributed by atoms with Gasteiger partial charge in [0, 0.05) is 11.8 Å². The van der Waals surface area contributed by atoms with Gasteiger partial charge in [0.1, 0.15) is 24.9 Å². The Kier molecular flexibility index (Phi) is 4.65. The molecule has 5 nitrogen and oxygen atoms in total. The summed E-state index contributed by atoms with van der Waals surface area (Å²) in [5, 5.41) is 13.8. The Morgan fingerprint density at radius 3 is 2.78 bits per heavy atom. The molecule has 0 bridgehead atoms. The summed E-state index contributed by atoms with van der Waals surface area (Å²) in [5.41, 5.74) is 1.38. The molecular formula is C16H11BrN2O3S. The molecule has 0 fully saturated rings. The number of nitrogens with one attached hydrogen (secondary N) is 1. The second kappa shape index (κ2) is 6.86. The van der Waals surface area contributed by atoms with Crippen LogP contribution in [0.4, 0.5) is 5.69 Å². The average molecular weight is 391 g/mol. The molecular weight excluding hydrogens is 380 g/mol. The number of benzene rings is 1. The third-order valence-electron chi connectivity index (χ3n) is 3.06. The summed E-state index contributed by atoms with van der Waals surface area (Å²) in [7, 11) is 0. The van der Waals surface area contributed by atoms with Crippen molar-refractivity contribution in [1.29, 1.82) is 5.26 Å². The SMILES string of the molecule is N#C/C(=C\c1csc(Br)c1)C(=O)Nc1ccc2c(c1)OCCO2. The molecule has 0 saturated heterocycles. The lowest BCUT2D eigenvalue weighted by Crippen LogP contribution is -2.17. The minimum Gasteiger partial charge on any atom is -0.486 e.